The first-order chi connectivity index (χ1) is 10.5. The van der Waals surface area contributed by atoms with E-state index in [-0.39, 0.29) is 11.9 Å². The van der Waals surface area contributed by atoms with Crippen molar-refractivity contribution in [3.05, 3.63) is 52.3 Å². The van der Waals surface area contributed by atoms with Gasteiger partial charge in [-0.1, -0.05) is 23.2 Å². The SMILES string of the molecule is CC(C(=O)Nc1ncccn1)N(C)Cc1cc(Cl)cc(Cl)c1. The Morgan fingerprint density at radius 1 is 1.23 bits per heavy atom. The Kier molecular flexibility index (Phi) is 5.71. The molecule has 1 aromatic carbocycles. The van der Waals surface area contributed by atoms with E-state index in [1.807, 2.05) is 31.0 Å². The zero-order chi connectivity index (χ0) is 16.1. The van der Waals surface area contributed by atoms with E-state index in [4.69, 9.17) is 23.2 Å². The monoisotopic (exact) mass is 338 g/mol. The minimum Gasteiger partial charge on any atom is -0.293 e. The van der Waals surface area contributed by atoms with Crippen LogP contribution in [0.15, 0.2) is 36.7 Å². The summed E-state index contributed by atoms with van der Waals surface area (Å²) in [6, 6.07) is 6.66. The number of carbonyl (C=O) groups is 1. The van der Waals surface area contributed by atoms with Gasteiger partial charge in [0.15, 0.2) is 0 Å². The van der Waals surface area contributed by atoms with Crippen molar-refractivity contribution in [2.45, 2.75) is 19.5 Å². The van der Waals surface area contributed by atoms with Crippen LogP contribution in [-0.4, -0.2) is 33.9 Å². The van der Waals surface area contributed by atoms with Gasteiger partial charge in [-0.25, -0.2) is 9.97 Å². The summed E-state index contributed by atoms with van der Waals surface area (Å²) in [4.78, 5) is 22.0. The molecule has 0 fully saturated rings. The Morgan fingerprint density at radius 3 is 2.41 bits per heavy atom. The second-order valence-electron chi connectivity index (χ2n) is 4.93. The summed E-state index contributed by atoms with van der Waals surface area (Å²) in [5, 5.41) is 3.83. The average molecular weight is 339 g/mol. The van der Waals surface area contributed by atoms with E-state index < -0.39 is 0 Å². The molecule has 2 aromatic rings. The van der Waals surface area contributed by atoms with Crippen molar-refractivity contribution in [3.8, 4) is 0 Å². The van der Waals surface area contributed by atoms with Crippen LogP contribution >= 0.6 is 23.2 Å². The molecule has 1 atom stereocenters. The summed E-state index contributed by atoms with van der Waals surface area (Å²) < 4.78 is 0. The lowest BCUT2D eigenvalue weighted by molar-refractivity contribution is -0.120. The molecule has 0 saturated heterocycles. The Balaban J connectivity index is 1.99. The van der Waals surface area contributed by atoms with E-state index in [1.165, 1.54) is 0 Å². The third-order valence-corrected chi connectivity index (χ3v) is 3.63. The van der Waals surface area contributed by atoms with Crippen LogP contribution in [0.5, 0.6) is 0 Å². The molecule has 1 unspecified atom stereocenters. The van der Waals surface area contributed by atoms with Gasteiger partial charge in [0.05, 0.1) is 6.04 Å². The van der Waals surface area contributed by atoms with Crippen molar-refractivity contribution < 1.29 is 4.79 Å². The van der Waals surface area contributed by atoms with E-state index in [1.54, 1.807) is 24.5 Å². The Morgan fingerprint density at radius 2 is 1.82 bits per heavy atom. The summed E-state index contributed by atoms with van der Waals surface area (Å²) in [6.07, 6.45) is 3.15. The van der Waals surface area contributed by atoms with Crippen molar-refractivity contribution in [1.29, 1.82) is 0 Å². The number of rotatable bonds is 5. The Labute approximate surface area is 139 Å². The lowest BCUT2D eigenvalue weighted by atomic mass is 10.2. The highest BCUT2D eigenvalue weighted by Gasteiger charge is 2.19. The summed E-state index contributed by atoms with van der Waals surface area (Å²) in [5.74, 6) is 0.111. The molecule has 5 nitrogen and oxygen atoms in total. The number of likely N-dealkylation sites (N-methyl/N-ethyl adjacent to an activating group) is 1. The van der Waals surface area contributed by atoms with Gasteiger partial charge in [0, 0.05) is 29.0 Å². The first kappa shape index (κ1) is 16.7. The third kappa shape index (κ3) is 4.66. The molecule has 7 heteroatoms. The molecule has 0 bridgehead atoms. The van der Waals surface area contributed by atoms with Gasteiger partial charge in [-0.15, -0.1) is 0 Å². The highest BCUT2D eigenvalue weighted by molar-refractivity contribution is 6.34. The maximum atomic E-state index is 12.2. The third-order valence-electron chi connectivity index (χ3n) is 3.20. The second kappa shape index (κ2) is 7.54. The molecule has 2 rings (SSSR count). The van der Waals surface area contributed by atoms with Crippen LogP contribution in [0.1, 0.15) is 12.5 Å². The fourth-order valence-electron chi connectivity index (χ4n) is 1.91. The largest absolute Gasteiger partial charge is 0.293 e. The molecule has 116 valence electrons. The van der Waals surface area contributed by atoms with Gasteiger partial charge in [-0.2, -0.15) is 0 Å². The molecule has 1 heterocycles. The highest BCUT2D eigenvalue weighted by Crippen LogP contribution is 2.20. The fourth-order valence-corrected chi connectivity index (χ4v) is 2.48. The van der Waals surface area contributed by atoms with Gasteiger partial charge >= 0.3 is 0 Å². The number of anilines is 1. The average Bonchev–Trinajstić information content (AvgIpc) is 2.46. The van der Waals surface area contributed by atoms with Crippen LogP contribution in [0.3, 0.4) is 0 Å². The number of benzene rings is 1. The van der Waals surface area contributed by atoms with Crippen LogP contribution in [0, 0.1) is 0 Å². The maximum absolute atomic E-state index is 12.2. The molecule has 0 spiro atoms. The van der Waals surface area contributed by atoms with E-state index >= 15 is 0 Å². The number of nitrogens with zero attached hydrogens (tertiary/aromatic N) is 3. The zero-order valence-electron chi connectivity index (χ0n) is 12.3. The molecule has 0 radical (unpaired) electrons. The van der Waals surface area contributed by atoms with Crippen LogP contribution in [-0.2, 0) is 11.3 Å². The van der Waals surface area contributed by atoms with Gasteiger partial charge in [0.2, 0.25) is 11.9 Å². The summed E-state index contributed by atoms with van der Waals surface area (Å²) in [5.41, 5.74) is 0.940. The quantitative estimate of drug-likeness (QED) is 0.909. The maximum Gasteiger partial charge on any atom is 0.243 e. The molecule has 22 heavy (non-hydrogen) atoms. The number of aromatic nitrogens is 2. The Bertz CT molecular complexity index is 631. The lowest BCUT2D eigenvalue weighted by Crippen LogP contribution is -2.39. The fraction of sp³-hybridized carbons (Fsp3) is 0.267. The predicted molar refractivity (Wildman–Crippen MR) is 88.1 cm³/mol. The van der Waals surface area contributed by atoms with Crippen molar-refractivity contribution in [1.82, 2.24) is 14.9 Å². The number of hydrogen-bond donors (Lipinski definition) is 1. The van der Waals surface area contributed by atoms with E-state index in [2.05, 4.69) is 15.3 Å². The molecule has 0 aliphatic carbocycles. The molecular formula is C15H16Cl2N4O. The molecule has 0 aliphatic rings. The summed E-state index contributed by atoms with van der Waals surface area (Å²) in [6.45, 7) is 2.36. The van der Waals surface area contributed by atoms with Crippen LogP contribution in [0.2, 0.25) is 10.0 Å². The number of nitrogens with one attached hydrogen (secondary N) is 1. The molecule has 1 N–H and O–H groups in total. The highest BCUT2D eigenvalue weighted by atomic mass is 35.5. The number of amides is 1. The number of carbonyl (C=O) groups excluding carboxylic acids is 1. The standard InChI is InChI=1S/C15H16Cl2N4O/c1-10(14(22)20-15-18-4-3-5-19-15)21(2)9-11-6-12(16)8-13(17)7-11/h3-8,10H,9H2,1-2H3,(H,18,19,20,22). The number of hydrogen-bond acceptors (Lipinski definition) is 4. The molecule has 1 aromatic heterocycles. The van der Waals surface area contributed by atoms with Crippen LogP contribution < -0.4 is 5.32 Å². The second-order valence-corrected chi connectivity index (χ2v) is 5.80. The van der Waals surface area contributed by atoms with Gasteiger partial charge in [-0.05, 0) is 43.8 Å². The first-order valence-corrected chi connectivity index (χ1v) is 7.44. The van der Waals surface area contributed by atoms with Crippen molar-refractivity contribution >= 4 is 35.1 Å². The molecular weight excluding hydrogens is 323 g/mol. The van der Waals surface area contributed by atoms with Gasteiger partial charge in [-0.3, -0.25) is 15.0 Å². The van der Waals surface area contributed by atoms with Crippen LogP contribution in [0.25, 0.3) is 0 Å². The predicted octanol–water partition coefficient (Wildman–Crippen LogP) is 3.24. The van der Waals surface area contributed by atoms with E-state index in [9.17, 15) is 4.79 Å². The normalized spacial score (nSPS) is 12.2. The molecule has 0 aliphatic heterocycles. The van der Waals surface area contributed by atoms with E-state index in [0.29, 0.717) is 22.5 Å². The topological polar surface area (TPSA) is 58.1 Å². The number of halogens is 2. The molecule has 1 amide bonds. The van der Waals surface area contributed by atoms with Gasteiger partial charge in [0.1, 0.15) is 0 Å². The first-order valence-electron chi connectivity index (χ1n) is 6.69. The van der Waals surface area contributed by atoms with Crippen molar-refractivity contribution in [2.75, 3.05) is 12.4 Å². The Hall–Kier alpha value is -1.69. The van der Waals surface area contributed by atoms with Crippen LogP contribution in [0.4, 0.5) is 5.95 Å². The lowest BCUT2D eigenvalue weighted by Gasteiger charge is -2.23. The summed E-state index contributed by atoms with van der Waals surface area (Å²) >= 11 is 12.0. The van der Waals surface area contributed by atoms with Gasteiger partial charge in [0.25, 0.3) is 0 Å². The van der Waals surface area contributed by atoms with Crippen molar-refractivity contribution in [3.63, 3.8) is 0 Å². The van der Waals surface area contributed by atoms with Gasteiger partial charge < -0.3 is 0 Å². The zero-order valence-corrected chi connectivity index (χ0v) is 13.8. The smallest absolute Gasteiger partial charge is 0.243 e. The minimum atomic E-state index is -0.360. The molecule has 0 saturated carbocycles. The minimum absolute atomic E-state index is 0.179. The van der Waals surface area contributed by atoms with E-state index in [0.717, 1.165) is 5.56 Å². The summed E-state index contributed by atoms with van der Waals surface area (Å²) in [7, 11) is 1.85. The van der Waals surface area contributed by atoms with Crippen molar-refractivity contribution in [2.24, 2.45) is 0 Å².